The van der Waals surface area contributed by atoms with Gasteiger partial charge in [0.25, 0.3) is 11.5 Å². The van der Waals surface area contributed by atoms with Gasteiger partial charge >= 0.3 is 13.8 Å². The number of carbonyl (C=O) groups excluding carboxylic acids is 3. The first-order chi connectivity index (χ1) is 33.4. The van der Waals surface area contributed by atoms with Crippen LogP contribution in [0.4, 0.5) is 4.39 Å². The number of halogens is 1. The van der Waals surface area contributed by atoms with Crippen LogP contribution >= 0.6 is 7.82 Å². The number of aliphatic hydroxyl groups is 1. The number of phosphoric ester groups is 1. The van der Waals surface area contributed by atoms with Crippen LogP contribution in [0.3, 0.4) is 0 Å². The topological polar surface area (TPSA) is 230 Å². The molecule has 2 amide bonds. The minimum absolute atomic E-state index is 0.0885. The molecule has 2 aliphatic carbocycles. The van der Waals surface area contributed by atoms with Crippen LogP contribution in [0, 0.1) is 18.2 Å². The number of ether oxygens (including phenoxy) is 2. The molecular weight excluding hydrogens is 925 g/mol. The van der Waals surface area contributed by atoms with E-state index in [0.717, 1.165) is 71.7 Å². The molecule has 11 rings (SSSR count). The number of esters is 1. The van der Waals surface area contributed by atoms with E-state index in [2.05, 4.69) is 28.4 Å². The first kappa shape index (κ1) is 49.0. The van der Waals surface area contributed by atoms with Gasteiger partial charge in [-0.15, -0.1) is 0 Å². The number of aromatic hydroxyl groups is 1. The average molecular weight is 982 g/mol. The molecule has 0 bridgehead atoms. The van der Waals surface area contributed by atoms with Gasteiger partial charge in [-0.25, -0.2) is 18.7 Å². The lowest BCUT2D eigenvalue weighted by Crippen LogP contribution is -2.63. The summed E-state index contributed by atoms with van der Waals surface area (Å²) in [6.07, 6.45) is 3.03. The number of pyridine rings is 2. The lowest BCUT2D eigenvalue weighted by atomic mass is 9.61. The molecule has 2 fully saturated rings. The van der Waals surface area contributed by atoms with Crippen molar-refractivity contribution >= 4 is 37.0 Å². The third-order valence-electron chi connectivity index (χ3n) is 14.6. The molecule has 5 N–H and O–H groups in total. The van der Waals surface area contributed by atoms with Crippen molar-refractivity contribution in [1.82, 2.24) is 24.7 Å². The molecule has 2 atom stereocenters. The molecular formula is C51H57FN5O12P. The third-order valence-corrected chi connectivity index (χ3v) is 15.0. The normalized spacial score (nSPS) is 19.4. The maximum atomic E-state index is 14.7. The van der Waals surface area contributed by atoms with E-state index in [1.807, 2.05) is 27.7 Å². The maximum absolute atomic E-state index is 14.7. The summed E-state index contributed by atoms with van der Waals surface area (Å²) in [5, 5.41) is 24.5. The van der Waals surface area contributed by atoms with Gasteiger partial charge < -0.3 is 39.0 Å². The van der Waals surface area contributed by atoms with Crippen LogP contribution in [-0.2, 0) is 62.8 Å². The van der Waals surface area contributed by atoms with Crippen molar-refractivity contribution < 1.29 is 57.3 Å². The number of phosphoric acid groups is 1. The number of amides is 2. The van der Waals surface area contributed by atoms with Gasteiger partial charge in [0.1, 0.15) is 23.9 Å². The maximum Gasteiger partial charge on any atom is 0.524 e. The fourth-order valence-corrected chi connectivity index (χ4v) is 11.6. The van der Waals surface area contributed by atoms with Gasteiger partial charge in [0.05, 0.1) is 46.7 Å². The Morgan fingerprint density at radius 3 is 2.46 bits per heavy atom. The number of phenolic OH excluding ortho intramolecular Hbond substituents is 1. The first-order valence-corrected chi connectivity index (χ1v) is 25.1. The van der Waals surface area contributed by atoms with E-state index < -0.39 is 19.9 Å². The molecule has 2 aromatic heterocycles. The smallest absolute Gasteiger partial charge is 0.507 e. The van der Waals surface area contributed by atoms with E-state index in [1.165, 1.54) is 22.3 Å². The quantitative estimate of drug-likeness (QED) is 0.0594. The second kappa shape index (κ2) is 18.6. The molecule has 0 radical (unpaired) electrons. The van der Waals surface area contributed by atoms with Crippen LogP contribution < -0.4 is 15.4 Å². The van der Waals surface area contributed by atoms with Crippen molar-refractivity contribution in [2.75, 3.05) is 20.2 Å². The molecule has 5 aromatic rings. The Bertz CT molecular complexity index is 3080. The van der Waals surface area contributed by atoms with Crippen molar-refractivity contribution in [3.05, 3.63) is 120 Å². The van der Waals surface area contributed by atoms with E-state index >= 15 is 0 Å². The Morgan fingerprint density at radius 2 is 1.77 bits per heavy atom. The van der Waals surface area contributed by atoms with Crippen molar-refractivity contribution in [3.63, 3.8) is 0 Å². The Hall–Kier alpha value is -6.01. The molecule has 1 saturated carbocycles. The van der Waals surface area contributed by atoms with Crippen LogP contribution in [0.5, 0.6) is 11.5 Å². The summed E-state index contributed by atoms with van der Waals surface area (Å²) < 4.78 is 42.7. The molecule has 370 valence electrons. The largest absolute Gasteiger partial charge is 0.524 e. The van der Waals surface area contributed by atoms with Crippen LogP contribution in [-0.4, -0.2) is 83.9 Å². The van der Waals surface area contributed by atoms with Gasteiger partial charge in [0.15, 0.2) is 6.10 Å². The lowest BCUT2D eigenvalue weighted by molar-refractivity contribution is -0.157. The first-order valence-electron chi connectivity index (χ1n) is 23.6. The van der Waals surface area contributed by atoms with Gasteiger partial charge in [-0.1, -0.05) is 45.9 Å². The molecule has 17 nitrogen and oxygen atoms in total. The molecule has 2 unspecified atom stereocenters. The molecule has 6 aliphatic rings. The van der Waals surface area contributed by atoms with E-state index in [4.69, 9.17) is 19.0 Å². The highest BCUT2D eigenvalue weighted by atomic mass is 31.2. The minimum Gasteiger partial charge on any atom is -0.507 e. The summed E-state index contributed by atoms with van der Waals surface area (Å²) in [7, 11) is -3.03. The van der Waals surface area contributed by atoms with Crippen LogP contribution in [0.2, 0.25) is 0 Å². The summed E-state index contributed by atoms with van der Waals surface area (Å²) in [6, 6.07) is 11.6. The second-order valence-electron chi connectivity index (χ2n) is 19.3. The summed E-state index contributed by atoms with van der Waals surface area (Å²) in [5.41, 5.74) is 8.91. The number of carbonyl (C=O) groups is 3. The number of rotatable bonds is 9. The zero-order valence-electron chi connectivity index (χ0n) is 39.9. The number of nitrogens with one attached hydrogen (secondary N) is 1. The van der Waals surface area contributed by atoms with Crippen LogP contribution in [0.15, 0.2) is 47.3 Å². The summed E-state index contributed by atoms with van der Waals surface area (Å²) in [5.74, 6) is -2.18. The second-order valence-corrected chi connectivity index (χ2v) is 20.4. The number of hydrogen-bond donors (Lipinski definition) is 5. The third kappa shape index (κ3) is 8.68. The molecule has 1 saturated heterocycles. The monoisotopic (exact) mass is 981 g/mol. The number of likely N-dealkylation sites (tertiary alicyclic amines) is 1. The SMILES string of the molecule is CC.COC1CC2(C1)CN(Cc1ccc3c(c1)CN(C(=O)c1cc(C(C)C)c(OP(=O)(O)O)cc1O)C3)C2.Cc1c(F)cc2nc3c(c4c2c1CCC4NC=O)Cn1c-3cc2c(c1=O)COC(=O)C2O. The van der Waals surface area contributed by atoms with Gasteiger partial charge in [-0.05, 0) is 89.6 Å². The fourth-order valence-electron chi connectivity index (χ4n) is 11.2. The van der Waals surface area contributed by atoms with Gasteiger partial charge in [0.2, 0.25) is 6.41 Å². The highest BCUT2D eigenvalue weighted by molar-refractivity contribution is 7.46. The Morgan fingerprint density at radius 1 is 1.04 bits per heavy atom. The Labute approximate surface area is 403 Å². The van der Waals surface area contributed by atoms with Crippen LogP contribution in [0.1, 0.15) is 131 Å². The number of nitrogens with zero attached hydrogens (tertiary/aromatic N) is 4. The molecule has 70 heavy (non-hydrogen) atoms. The number of phenols is 1. The fraction of sp³-hybridized carbons (Fsp3) is 0.431. The molecule has 19 heteroatoms. The number of aliphatic hydroxyl groups excluding tert-OH is 1. The number of hydrogen-bond acceptors (Lipinski definition) is 12. The number of aryl methyl sites for hydroxylation is 1. The summed E-state index contributed by atoms with van der Waals surface area (Å²) in [4.78, 5) is 77.0. The van der Waals surface area contributed by atoms with E-state index in [0.29, 0.717) is 71.9 Å². The zero-order chi connectivity index (χ0) is 50.1. The number of methoxy groups -OCH3 is 1. The number of benzene rings is 3. The predicted octanol–water partition coefficient (Wildman–Crippen LogP) is 6.48. The van der Waals surface area contributed by atoms with Gasteiger partial charge in [-0.2, -0.15) is 0 Å². The van der Waals surface area contributed by atoms with Crippen molar-refractivity contribution in [2.24, 2.45) is 5.41 Å². The summed E-state index contributed by atoms with van der Waals surface area (Å²) >= 11 is 0. The van der Waals surface area contributed by atoms with Gasteiger partial charge in [-0.3, -0.25) is 29.1 Å². The van der Waals surface area contributed by atoms with Crippen molar-refractivity contribution in [1.29, 1.82) is 0 Å². The lowest BCUT2D eigenvalue weighted by Gasteiger charge is -2.58. The number of fused-ring (bicyclic) bond motifs is 6. The highest BCUT2D eigenvalue weighted by Gasteiger charge is 2.52. The Kier molecular flexibility index (Phi) is 13.0. The Balaban J connectivity index is 0.000000169. The minimum atomic E-state index is -4.81. The van der Waals surface area contributed by atoms with Crippen molar-refractivity contribution in [3.8, 4) is 22.9 Å². The average Bonchev–Trinajstić information content (AvgIpc) is 3.89. The molecule has 1 spiro atoms. The predicted molar refractivity (Wildman–Crippen MR) is 254 cm³/mol. The zero-order valence-corrected chi connectivity index (χ0v) is 40.8. The van der Waals surface area contributed by atoms with E-state index in [9.17, 15) is 48.1 Å². The van der Waals surface area contributed by atoms with Crippen molar-refractivity contribution in [2.45, 2.75) is 117 Å². The molecule has 4 aliphatic heterocycles. The standard InChI is InChI=1S/C26H33N2O7P.C23H18FN3O5.C2H6/c1-16(2)21-7-22(23(29)8-24(21)35-36(31,32)33)25(30)28-12-18-5-4-17(6-19(18)13-28)11-27-14-26(15-27)9-20(10-26)34-3;1-9-10-2-3-15(25-8-28)19-12-6-27-17(20(12)26-16(18(10)19)5-14(9)24)4-11-13(22(27)30)7-32-23(31)21(11)29;1-2/h4-8,16,20,29H,9-15H2,1-3H3,(H2,31,32,33);4-5,8,15,21,29H,2-3,6-7H2,1H3,(H,25,28);1-2H3. The van der Waals surface area contributed by atoms with Gasteiger partial charge in [0, 0.05) is 73.9 Å². The van der Waals surface area contributed by atoms with E-state index in [1.54, 1.807) is 25.0 Å². The molecule has 6 heterocycles. The number of cyclic esters (lactones) is 1. The van der Waals surface area contributed by atoms with Crippen LogP contribution in [0.25, 0.3) is 22.3 Å². The summed E-state index contributed by atoms with van der Waals surface area (Å²) in [6.45, 7) is 13.4. The van der Waals surface area contributed by atoms with E-state index in [-0.39, 0.29) is 70.6 Å². The number of aromatic nitrogens is 2. The molecule has 3 aromatic carbocycles. The highest BCUT2D eigenvalue weighted by Crippen LogP contribution is 2.50.